The van der Waals surface area contributed by atoms with Crippen molar-refractivity contribution in [3.05, 3.63) is 23.8 Å². The Morgan fingerprint density at radius 1 is 1.31 bits per heavy atom. The maximum absolute atomic E-state index is 12.3. The number of carbonyl (C=O) groups is 1. The Morgan fingerprint density at radius 3 is 2.69 bits per heavy atom. The number of nitriles is 1. The van der Waals surface area contributed by atoms with Gasteiger partial charge in [-0.1, -0.05) is 27.2 Å². The lowest BCUT2D eigenvalue weighted by Gasteiger charge is -2.39. The van der Waals surface area contributed by atoms with Crippen LogP contribution in [0.15, 0.2) is 18.2 Å². The fraction of sp³-hybridized carbons (Fsp3) is 0.680. The highest BCUT2D eigenvalue weighted by molar-refractivity contribution is 5.68. The molecule has 1 heterocycles. The monoisotopic (exact) mass is 444 g/mol. The van der Waals surface area contributed by atoms with E-state index in [1.165, 1.54) is 0 Å². The molecule has 7 heteroatoms. The van der Waals surface area contributed by atoms with E-state index in [1.807, 2.05) is 30.9 Å². The molecule has 1 aliphatic heterocycles. The molecule has 1 aliphatic rings. The van der Waals surface area contributed by atoms with Crippen LogP contribution in [0.2, 0.25) is 0 Å². The van der Waals surface area contributed by atoms with Crippen LogP contribution in [0.5, 0.6) is 5.75 Å². The molecule has 0 radical (unpaired) electrons. The summed E-state index contributed by atoms with van der Waals surface area (Å²) in [5.74, 6) is 1.19. The molecular formula is C25H40N4O3. The third kappa shape index (κ3) is 7.59. The minimum Gasteiger partial charge on any atom is -0.492 e. The number of piperazine rings is 1. The number of hydrogen-bond acceptors (Lipinski definition) is 6. The van der Waals surface area contributed by atoms with Crippen molar-refractivity contribution in [3.63, 3.8) is 0 Å². The number of unbranched alkanes of at least 4 members (excludes halogenated alkanes) is 1. The molecule has 0 unspecified atom stereocenters. The molecule has 1 amide bonds. The third-order valence-electron chi connectivity index (χ3n) is 5.70. The van der Waals surface area contributed by atoms with Gasteiger partial charge in [0.15, 0.2) is 0 Å². The molecule has 2 rings (SSSR count). The van der Waals surface area contributed by atoms with E-state index in [2.05, 4.69) is 50.0 Å². The van der Waals surface area contributed by atoms with Crippen LogP contribution in [0.1, 0.15) is 65.9 Å². The molecule has 1 N–H and O–H groups in total. The van der Waals surface area contributed by atoms with Gasteiger partial charge in [0.1, 0.15) is 17.9 Å². The molecule has 0 bridgehead atoms. The summed E-state index contributed by atoms with van der Waals surface area (Å²) < 4.78 is 11.5. The first kappa shape index (κ1) is 25.8. The van der Waals surface area contributed by atoms with E-state index in [4.69, 9.17) is 9.47 Å². The highest BCUT2D eigenvalue weighted by Crippen LogP contribution is 2.30. The van der Waals surface area contributed by atoms with Gasteiger partial charge in [-0.3, -0.25) is 4.90 Å². The fourth-order valence-corrected chi connectivity index (χ4v) is 3.78. The molecule has 0 aromatic heterocycles. The molecule has 0 aliphatic carbocycles. The van der Waals surface area contributed by atoms with Crippen molar-refractivity contribution < 1.29 is 14.3 Å². The molecule has 32 heavy (non-hydrogen) atoms. The molecule has 1 aromatic rings. The Kier molecular flexibility index (Phi) is 9.64. The fourth-order valence-electron chi connectivity index (χ4n) is 3.78. The number of benzene rings is 1. The molecule has 0 saturated carbocycles. The van der Waals surface area contributed by atoms with Crippen molar-refractivity contribution in [3.8, 4) is 11.8 Å². The van der Waals surface area contributed by atoms with Crippen LogP contribution >= 0.6 is 0 Å². The lowest BCUT2D eigenvalue weighted by atomic mass is 10.00. The Balaban J connectivity index is 1.87. The van der Waals surface area contributed by atoms with Gasteiger partial charge in [-0.05, 0) is 56.9 Å². The maximum Gasteiger partial charge on any atom is 0.410 e. The molecule has 1 atom stereocenters. The van der Waals surface area contributed by atoms with Gasteiger partial charge in [-0.2, -0.15) is 5.26 Å². The predicted molar refractivity (Wildman–Crippen MR) is 128 cm³/mol. The third-order valence-corrected chi connectivity index (χ3v) is 5.70. The number of rotatable bonds is 10. The van der Waals surface area contributed by atoms with Crippen molar-refractivity contribution in [1.82, 2.24) is 9.80 Å². The van der Waals surface area contributed by atoms with Crippen LogP contribution in [0.3, 0.4) is 0 Å². The largest absolute Gasteiger partial charge is 0.492 e. The van der Waals surface area contributed by atoms with Crippen molar-refractivity contribution in [2.24, 2.45) is 0 Å². The minimum absolute atomic E-state index is 0.123. The van der Waals surface area contributed by atoms with Gasteiger partial charge < -0.3 is 19.7 Å². The second kappa shape index (κ2) is 12.0. The Hall–Kier alpha value is -2.46. The van der Waals surface area contributed by atoms with Crippen molar-refractivity contribution in [2.45, 2.75) is 71.9 Å². The van der Waals surface area contributed by atoms with E-state index >= 15 is 0 Å². The summed E-state index contributed by atoms with van der Waals surface area (Å²) in [7, 11) is 0. The summed E-state index contributed by atoms with van der Waals surface area (Å²) in [6.45, 7) is 16.4. The smallest absolute Gasteiger partial charge is 0.410 e. The maximum atomic E-state index is 12.3. The summed E-state index contributed by atoms with van der Waals surface area (Å²) >= 11 is 0. The first-order chi connectivity index (χ1) is 15.2. The quantitative estimate of drug-likeness (QED) is 0.520. The number of carbonyl (C=O) groups excluding carboxylic acids is 1. The zero-order chi connectivity index (χ0) is 23.7. The number of hydrogen-bond donors (Lipinski definition) is 1. The van der Waals surface area contributed by atoms with Crippen molar-refractivity contribution in [2.75, 3.05) is 44.7 Å². The molecule has 178 valence electrons. The van der Waals surface area contributed by atoms with Crippen molar-refractivity contribution in [1.29, 1.82) is 5.26 Å². The van der Waals surface area contributed by atoms with E-state index in [9.17, 15) is 10.1 Å². The van der Waals surface area contributed by atoms with Crippen LogP contribution in [0.4, 0.5) is 10.5 Å². The SMILES string of the molecule is CCCCOC(=O)N1CCN(CCOc2ccc(NC(C)(C)C#N)cc2C(C)C)C[C@@H]1C. The first-order valence-corrected chi connectivity index (χ1v) is 11.8. The average Bonchev–Trinajstić information content (AvgIpc) is 2.74. The van der Waals surface area contributed by atoms with Crippen molar-refractivity contribution >= 4 is 11.8 Å². The van der Waals surface area contributed by atoms with Crippen LogP contribution in [-0.4, -0.2) is 66.9 Å². The van der Waals surface area contributed by atoms with E-state index in [0.717, 1.165) is 49.5 Å². The zero-order valence-electron chi connectivity index (χ0n) is 20.6. The molecule has 0 spiro atoms. The second-order valence-electron chi connectivity index (χ2n) is 9.43. The standard InChI is InChI=1S/C25H40N4O3/c1-7-8-14-32-24(30)29-12-11-28(17-20(29)4)13-15-31-23-10-9-21(16-22(23)19(2)3)27-25(5,6)18-26/h9-10,16,19-20,27H,7-8,11-15,17H2,1-6H3/t20-/m0/s1. The van der Waals surface area contributed by atoms with E-state index in [-0.39, 0.29) is 12.1 Å². The van der Waals surface area contributed by atoms with Crippen LogP contribution in [0, 0.1) is 11.3 Å². The van der Waals surface area contributed by atoms with E-state index < -0.39 is 5.54 Å². The van der Waals surface area contributed by atoms with Gasteiger partial charge in [-0.15, -0.1) is 0 Å². The van der Waals surface area contributed by atoms with Gasteiger partial charge in [0.05, 0.1) is 12.7 Å². The topological polar surface area (TPSA) is 77.8 Å². The summed E-state index contributed by atoms with van der Waals surface area (Å²) in [6.07, 6.45) is 1.73. The highest BCUT2D eigenvalue weighted by atomic mass is 16.6. The van der Waals surface area contributed by atoms with Crippen LogP contribution in [0.25, 0.3) is 0 Å². The van der Waals surface area contributed by atoms with E-state index in [0.29, 0.717) is 25.7 Å². The van der Waals surface area contributed by atoms with Crippen LogP contribution < -0.4 is 10.1 Å². The highest BCUT2D eigenvalue weighted by Gasteiger charge is 2.28. The molecule has 7 nitrogen and oxygen atoms in total. The number of nitrogens with one attached hydrogen (secondary N) is 1. The number of nitrogens with zero attached hydrogens (tertiary/aromatic N) is 3. The summed E-state index contributed by atoms with van der Waals surface area (Å²) in [5.41, 5.74) is 1.41. The normalized spacial score (nSPS) is 17.2. The van der Waals surface area contributed by atoms with E-state index in [1.54, 1.807) is 0 Å². The van der Waals surface area contributed by atoms with Gasteiger partial charge in [0.25, 0.3) is 0 Å². The van der Waals surface area contributed by atoms with Gasteiger partial charge in [-0.25, -0.2) is 4.79 Å². The first-order valence-electron chi connectivity index (χ1n) is 11.8. The summed E-state index contributed by atoms with van der Waals surface area (Å²) in [4.78, 5) is 16.4. The summed E-state index contributed by atoms with van der Waals surface area (Å²) in [5, 5.41) is 12.5. The van der Waals surface area contributed by atoms with Gasteiger partial charge >= 0.3 is 6.09 Å². The summed E-state index contributed by atoms with van der Waals surface area (Å²) in [6, 6.07) is 8.41. The Bertz CT molecular complexity index is 788. The van der Waals surface area contributed by atoms with Gasteiger partial charge in [0.2, 0.25) is 0 Å². The number of ether oxygens (including phenoxy) is 2. The molecular weight excluding hydrogens is 404 g/mol. The average molecular weight is 445 g/mol. The zero-order valence-corrected chi connectivity index (χ0v) is 20.6. The van der Waals surface area contributed by atoms with Gasteiger partial charge in [0, 0.05) is 37.9 Å². The predicted octanol–water partition coefficient (Wildman–Crippen LogP) is 4.85. The number of anilines is 1. The lowest BCUT2D eigenvalue weighted by molar-refractivity contribution is 0.0473. The Morgan fingerprint density at radius 2 is 2.06 bits per heavy atom. The second-order valence-corrected chi connectivity index (χ2v) is 9.43. The van der Waals surface area contributed by atoms with Crippen LogP contribution in [-0.2, 0) is 4.74 Å². The number of amides is 1. The lowest BCUT2D eigenvalue weighted by Crippen LogP contribution is -2.54. The molecule has 1 aromatic carbocycles. The Labute approximate surface area is 193 Å². The molecule has 1 saturated heterocycles. The minimum atomic E-state index is -0.627. The molecule has 1 fully saturated rings.